The van der Waals surface area contributed by atoms with E-state index in [4.69, 9.17) is 5.73 Å². The van der Waals surface area contributed by atoms with E-state index in [1.165, 1.54) is 51.9 Å². The van der Waals surface area contributed by atoms with Crippen LogP contribution in [0.4, 0.5) is 0 Å². The van der Waals surface area contributed by atoms with Crippen LogP contribution < -0.4 is 5.73 Å². The fourth-order valence-electron chi connectivity index (χ4n) is 4.01. The van der Waals surface area contributed by atoms with Crippen molar-refractivity contribution < 1.29 is 0 Å². The highest BCUT2D eigenvalue weighted by Crippen LogP contribution is 2.33. The molecule has 3 heteroatoms. The van der Waals surface area contributed by atoms with Crippen LogP contribution in [0.5, 0.6) is 0 Å². The van der Waals surface area contributed by atoms with Crippen molar-refractivity contribution in [1.82, 2.24) is 9.80 Å². The zero-order valence-electron chi connectivity index (χ0n) is 12.5. The summed E-state index contributed by atoms with van der Waals surface area (Å²) in [6.45, 7) is 10.6. The summed E-state index contributed by atoms with van der Waals surface area (Å²) >= 11 is 0. The smallest absolute Gasteiger partial charge is 0.0344 e. The molecule has 3 unspecified atom stereocenters. The van der Waals surface area contributed by atoms with Crippen molar-refractivity contribution in [3.63, 3.8) is 0 Å². The SMILES string of the molecule is CC1CC(C)CN(C2(CN)CCCN(C)CC2)C1. The largest absolute Gasteiger partial charge is 0.329 e. The lowest BCUT2D eigenvalue weighted by atomic mass is 9.82. The number of nitrogens with zero attached hydrogens (tertiary/aromatic N) is 2. The molecule has 3 nitrogen and oxygen atoms in total. The van der Waals surface area contributed by atoms with Gasteiger partial charge in [-0.25, -0.2) is 0 Å². The molecule has 2 heterocycles. The second-order valence-electron chi connectivity index (χ2n) is 6.94. The van der Waals surface area contributed by atoms with Crippen molar-refractivity contribution in [3.05, 3.63) is 0 Å². The Morgan fingerprint density at radius 3 is 2.39 bits per heavy atom. The van der Waals surface area contributed by atoms with Crippen LogP contribution >= 0.6 is 0 Å². The molecule has 0 aliphatic carbocycles. The monoisotopic (exact) mass is 253 g/mol. The molecule has 2 N–H and O–H groups in total. The average molecular weight is 253 g/mol. The van der Waals surface area contributed by atoms with E-state index in [0.29, 0.717) is 0 Å². The molecule has 2 saturated heterocycles. The third-order valence-electron chi connectivity index (χ3n) is 5.06. The average Bonchev–Trinajstić information content (AvgIpc) is 2.51. The van der Waals surface area contributed by atoms with Crippen LogP contribution in [0.3, 0.4) is 0 Å². The Labute approximate surface area is 113 Å². The third-order valence-corrected chi connectivity index (χ3v) is 5.06. The first-order valence-electron chi connectivity index (χ1n) is 7.69. The first-order valence-corrected chi connectivity index (χ1v) is 7.69. The molecule has 0 amide bonds. The van der Waals surface area contributed by atoms with Gasteiger partial charge in [0, 0.05) is 25.2 Å². The predicted molar refractivity (Wildman–Crippen MR) is 77.7 cm³/mol. The third kappa shape index (κ3) is 3.06. The Bertz CT molecular complexity index is 258. The number of rotatable bonds is 2. The molecule has 0 radical (unpaired) electrons. The number of nitrogens with two attached hydrogens (primary N) is 1. The van der Waals surface area contributed by atoms with Crippen LogP contribution in [0.1, 0.15) is 39.5 Å². The Morgan fingerprint density at radius 1 is 1.11 bits per heavy atom. The van der Waals surface area contributed by atoms with Gasteiger partial charge in [-0.2, -0.15) is 0 Å². The molecule has 0 spiro atoms. The zero-order valence-corrected chi connectivity index (χ0v) is 12.5. The van der Waals surface area contributed by atoms with E-state index in [9.17, 15) is 0 Å². The maximum Gasteiger partial charge on any atom is 0.0344 e. The standard InChI is InChI=1S/C15H31N3/c1-13-9-14(2)11-18(10-13)15(12-16)5-4-7-17(3)8-6-15/h13-14H,4-12,16H2,1-3H3. The molecule has 0 aromatic heterocycles. The fraction of sp³-hybridized carbons (Fsp3) is 1.00. The summed E-state index contributed by atoms with van der Waals surface area (Å²) in [7, 11) is 2.24. The molecular formula is C15H31N3. The highest BCUT2D eigenvalue weighted by atomic mass is 15.2. The molecule has 2 aliphatic heterocycles. The number of hydrogen-bond acceptors (Lipinski definition) is 3. The van der Waals surface area contributed by atoms with Gasteiger partial charge in [-0.1, -0.05) is 13.8 Å². The van der Waals surface area contributed by atoms with Crippen molar-refractivity contribution in [2.75, 3.05) is 39.8 Å². The van der Waals surface area contributed by atoms with Crippen molar-refractivity contribution in [1.29, 1.82) is 0 Å². The summed E-state index contributed by atoms with van der Waals surface area (Å²) < 4.78 is 0. The van der Waals surface area contributed by atoms with Crippen LogP contribution in [-0.4, -0.2) is 55.1 Å². The molecule has 3 atom stereocenters. The van der Waals surface area contributed by atoms with Gasteiger partial charge < -0.3 is 10.6 Å². The highest BCUT2D eigenvalue weighted by Gasteiger charge is 2.39. The van der Waals surface area contributed by atoms with Gasteiger partial charge in [0.15, 0.2) is 0 Å². The topological polar surface area (TPSA) is 32.5 Å². The van der Waals surface area contributed by atoms with Crippen LogP contribution in [0, 0.1) is 11.8 Å². The maximum absolute atomic E-state index is 6.21. The summed E-state index contributed by atoms with van der Waals surface area (Å²) in [5.74, 6) is 1.66. The van der Waals surface area contributed by atoms with Crippen molar-refractivity contribution in [2.45, 2.75) is 45.1 Å². The minimum Gasteiger partial charge on any atom is -0.329 e. The molecular weight excluding hydrogens is 222 g/mol. The van der Waals surface area contributed by atoms with Crippen LogP contribution in [-0.2, 0) is 0 Å². The van der Waals surface area contributed by atoms with Crippen LogP contribution in [0.15, 0.2) is 0 Å². The van der Waals surface area contributed by atoms with Gasteiger partial charge in [-0.05, 0) is 57.7 Å². The van der Waals surface area contributed by atoms with Gasteiger partial charge >= 0.3 is 0 Å². The second-order valence-corrected chi connectivity index (χ2v) is 6.94. The first kappa shape index (κ1) is 14.3. The predicted octanol–water partition coefficient (Wildman–Crippen LogP) is 1.78. The Kier molecular flexibility index (Phi) is 4.68. The summed E-state index contributed by atoms with van der Waals surface area (Å²) in [6, 6.07) is 0. The molecule has 2 aliphatic rings. The maximum atomic E-state index is 6.21. The van der Waals surface area contributed by atoms with Gasteiger partial charge in [0.05, 0.1) is 0 Å². The van der Waals surface area contributed by atoms with E-state index < -0.39 is 0 Å². The molecule has 2 fully saturated rings. The summed E-state index contributed by atoms with van der Waals surface area (Å²) in [4.78, 5) is 5.21. The van der Waals surface area contributed by atoms with E-state index in [-0.39, 0.29) is 5.54 Å². The van der Waals surface area contributed by atoms with E-state index in [2.05, 4.69) is 30.7 Å². The Hall–Kier alpha value is -0.120. The molecule has 106 valence electrons. The first-order chi connectivity index (χ1) is 8.55. The minimum absolute atomic E-state index is 0.285. The number of piperidine rings is 1. The van der Waals surface area contributed by atoms with E-state index in [1.807, 2.05) is 0 Å². The molecule has 0 aromatic carbocycles. The van der Waals surface area contributed by atoms with Crippen molar-refractivity contribution >= 4 is 0 Å². The van der Waals surface area contributed by atoms with Gasteiger partial charge in [-0.15, -0.1) is 0 Å². The lowest BCUT2D eigenvalue weighted by molar-refractivity contribution is 0.0193. The Morgan fingerprint density at radius 2 is 1.78 bits per heavy atom. The van der Waals surface area contributed by atoms with Gasteiger partial charge in [0.2, 0.25) is 0 Å². The lowest BCUT2D eigenvalue weighted by Crippen LogP contribution is -2.58. The molecule has 0 aromatic rings. The van der Waals surface area contributed by atoms with Crippen LogP contribution in [0.2, 0.25) is 0 Å². The van der Waals surface area contributed by atoms with Crippen molar-refractivity contribution in [2.24, 2.45) is 17.6 Å². The zero-order chi connectivity index (χ0) is 13.2. The summed E-state index contributed by atoms with van der Waals surface area (Å²) in [5, 5.41) is 0. The second kappa shape index (κ2) is 5.89. The van der Waals surface area contributed by atoms with Crippen LogP contribution in [0.25, 0.3) is 0 Å². The minimum atomic E-state index is 0.285. The van der Waals surface area contributed by atoms with E-state index in [0.717, 1.165) is 18.4 Å². The quantitative estimate of drug-likeness (QED) is 0.814. The molecule has 0 bridgehead atoms. The summed E-state index contributed by atoms with van der Waals surface area (Å²) in [5.41, 5.74) is 6.50. The molecule has 0 saturated carbocycles. The van der Waals surface area contributed by atoms with Gasteiger partial charge in [0.25, 0.3) is 0 Å². The highest BCUT2D eigenvalue weighted by molar-refractivity contribution is 4.96. The van der Waals surface area contributed by atoms with E-state index in [1.54, 1.807) is 0 Å². The fourth-order valence-corrected chi connectivity index (χ4v) is 4.01. The molecule has 2 rings (SSSR count). The molecule has 18 heavy (non-hydrogen) atoms. The Balaban J connectivity index is 2.10. The van der Waals surface area contributed by atoms with Gasteiger partial charge in [-0.3, -0.25) is 4.90 Å². The number of likely N-dealkylation sites (tertiary alicyclic amines) is 2. The van der Waals surface area contributed by atoms with Gasteiger partial charge in [0.1, 0.15) is 0 Å². The van der Waals surface area contributed by atoms with E-state index >= 15 is 0 Å². The normalized spacial score (nSPS) is 40.7. The lowest BCUT2D eigenvalue weighted by Gasteiger charge is -2.48. The summed E-state index contributed by atoms with van der Waals surface area (Å²) in [6.07, 6.45) is 5.22. The van der Waals surface area contributed by atoms with Crippen molar-refractivity contribution in [3.8, 4) is 0 Å². The number of hydrogen-bond donors (Lipinski definition) is 1.